The second kappa shape index (κ2) is 5.09. The highest BCUT2D eigenvalue weighted by atomic mass is 19.3. The van der Waals surface area contributed by atoms with Gasteiger partial charge in [-0.3, -0.25) is 0 Å². The molecule has 0 spiro atoms. The third-order valence-corrected chi connectivity index (χ3v) is 3.99. The zero-order valence-electron chi connectivity index (χ0n) is 11.3. The van der Waals surface area contributed by atoms with Crippen LogP contribution in [0.3, 0.4) is 0 Å². The fourth-order valence-electron chi connectivity index (χ4n) is 2.84. The smallest absolute Gasteiger partial charge is 0.248 e. The Hall–Kier alpha value is -1.98. The van der Waals surface area contributed by atoms with Gasteiger partial charge in [0.15, 0.2) is 0 Å². The molecule has 0 saturated heterocycles. The number of nitrogen functional groups attached to an aromatic ring is 1. The summed E-state index contributed by atoms with van der Waals surface area (Å²) in [5.74, 6) is -3.22. The Labute approximate surface area is 119 Å². The molecule has 0 atom stereocenters. The van der Waals surface area contributed by atoms with Gasteiger partial charge in [-0.15, -0.1) is 0 Å². The quantitative estimate of drug-likeness (QED) is 0.896. The van der Waals surface area contributed by atoms with E-state index in [9.17, 15) is 13.2 Å². The van der Waals surface area contributed by atoms with Gasteiger partial charge in [-0.05, 0) is 18.9 Å². The average Bonchev–Trinajstić information content (AvgIpc) is 2.81. The largest absolute Gasteiger partial charge is 0.367 e. The lowest BCUT2D eigenvalue weighted by atomic mass is 9.82. The molecule has 0 unspecified atom stereocenters. The molecule has 1 saturated carbocycles. The lowest BCUT2D eigenvalue weighted by molar-refractivity contribution is -0.0386. The fraction of sp³-hybridized carbons (Fsp3) is 0.400. The minimum Gasteiger partial charge on any atom is -0.367 e. The number of rotatable bonds is 2. The van der Waals surface area contributed by atoms with Crippen LogP contribution in [0.1, 0.15) is 37.3 Å². The van der Waals surface area contributed by atoms with Gasteiger partial charge in [0.2, 0.25) is 11.8 Å². The van der Waals surface area contributed by atoms with Crippen LogP contribution in [-0.2, 0) is 0 Å². The number of hydrogen-bond acceptors (Lipinski definition) is 3. The second-order valence-corrected chi connectivity index (χ2v) is 5.42. The molecular weight excluding hydrogens is 281 g/mol. The van der Waals surface area contributed by atoms with E-state index in [0.717, 1.165) is 0 Å². The third kappa shape index (κ3) is 2.62. The van der Waals surface area contributed by atoms with Crippen molar-refractivity contribution < 1.29 is 17.7 Å². The third-order valence-electron chi connectivity index (χ3n) is 3.99. The molecule has 1 aromatic carbocycles. The Morgan fingerprint density at radius 1 is 1.19 bits per heavy atom. The first-order valence-electron chi connectivity index (χ1n) is 6.86. The van der Waals surface area contributed by atoms with Crippen molar-refractivity contribution in [3.05, 3.63) is 35.8 Å². The van der Waals surface area contributed by atoms with Crippen molar-refractivity contribution in [3.8, 4) is 11.1 Å². The normalized spacial score (nSPS) is 18.8. The predicted molar refractivity (Wildman–Crippen MR) is 72.5 cm³/mol. The number of benzene rings is 1. The standard InChI is InChI=1S/C15H15F3N2O/c16-11-4-2-1-3-10(11)12-13(20-21-14(12)19)9-5-7-15(17,18)8-6-9/h1-4,9H,5-8,19H2. The van der Waals surface area contributed by atoms with E-state index >= 15 is 0 Å². The highest BCUT2D eigenvalue weighted by molar-refractivity contribution is 5.76. The summed E-state index contributed by atoms with van der Waals surface area (Å²) in [6, 6.07) is 6.16. The summed E-state index contributed by atoms with van der Waals surface area (Å²) in [6.07, 6.45) is 0.198. The van der Waals surface area contributed by atoms with Gasteiger partial charge >= 0.3 is 0 Å². The molecule has 1 aromatic heterocycles. The van der Waals surface area contributed by atoms with Crippen LogP contribution in [0.5, 0.6) is 0 Å². The molecule has 1 fully saturated rings. The van der Waals surface area contributed by atoms with Crippen molar-refractivity contribution >= 4 is 5.88 Å². The maximum atomic E-state index is 14.0. The Morgan fingerprint density at radius 3 is 2.52 bits per heavy atom. The molecule has 0 bridgehead atoms. The van der Waals surface area contributed by atoms with Crippen molar-refractivity contribution in [2.45, 2.75) is 37.5 Å². The molecule has 2 N–H and O–H groups in total. The first kappa shape index (κ1) is 14.0. The molecule has 0 aliphatic heterocycles. The number of aromatic nitrogens is 1. The minimum absolute atomic E-state index is 0.0208. The molecule has 21 heavy (non-hydrogen) atoms. The molecule has 112 valence electrons. The van der Waals surface area contributed by atoms with Crippen molar-refractivity contribution in [2.24, 2.45) is 0 Å². The molecule has 3 nitrogen and oxygen atoms in total. The molecule has 1 aliphatic rings. The zero-order valence-corrected chi connectivity index (χ0v) is 11.3. The highest BCUT2D eigenvalue weighted by Crippen LogP contribution is 2.44. The summed E-state index contributed by atoms with van der Waals surface area (Å²) < 4.78 is 45.5. The summed E-state index contributed by atoms with van der Waals surface area (Å²) in [6.45, 7) is 0. The van der Waals surface area contributed by atoms with Crippen molar-refractivity contribution in [2.75, 3.05) is 5.73 Å². The molecule has 0 radical (unpaired) electrons. The summed E-state index contributed by atoms with van der Waals surface area (Å²) in [4.78, 5) is 0. The van der Waals surface area contributed by atoms with Gasteiger partial charge in [-0.2, -0.15) is 0 Å². The molecule has 3 rings (SSSR count). The van der Waals surface area contributed by atoms with Crippen LogP contribution in [0.25, 0.3) is 11.1 Å². The van der Waals surface area contributed by atoms with Crippen LogP contribution < -0.4 is 5.73 Å². The van der Waals surface area contributed by atoms with Gasteiger partial charge in [0, 0.05) is 24.3 Å². The van der Waals surface area contributed by atoms with Crippen LogP contribution in [0, 0.1) is 5.82 Å². The summed E-state index contributed by atoms with van der Waals surface area (Å²) >= 11 is 0. The molecule has 0 amide bonds. The Balaban J connectivity index is 1.97. The second-order valence-electron chi connectivity index (χ2n) is 5.42. The van der Waals surface area contributed by atoms with E-state index in [1.54, 1.807) is 18.2 Å². The highest BCUT2D eigenvalue weighted by Gasteiger charge is 2.37. The Kier molecular flexibility index (Phi) is 3.39. The van der Waals surface area contributed by atoms with Crippen molar-refractivity contribution in [3.63, 3.8) is 0 Å². The van der Waals surface area contributed by atoms with E-state index in [1.165, 1.54) is 6.07 Å². The average molecular weight is 296 g/mol. The van der Waals surface area contributed by atoms with E-state index in [1.807, 2.05) is 0 Å². The van der Waals surface area contributed by atoms with Crippen LogP contribution in [0.4, 0.5) is 19.1 Å². The lowest BCUT2D eigenvalue weighted by Gasteiger charge is -2.27. The summed E-state index contributed by atoms with van der Waals surface area (Å²) in [5.41, 5.74) is 6.92. The summed E-state index contributed by atoms with van der Waals surface area (Å²) in [5, 5.41) is 3.89. The van der Waals surface area contributed by atoms with E-state index in [-0.39, 0.29) is 24.6 Å². The number of hydrogen-bond donors (Lipinski definition) is 1. The monoisotopic (exact) mass is 296 g/mol. The number of halogens is 3. The molecule has 1 heterocycles. The maximum Gasteiger partial charge on any atom is 0.248 e. The lowest BCUT2D eigenvalue weighted by Crippen LogP contribution is -2.24. The molecular formula is C15H15F3N2O. The molecule has 2 aromatic rings. The number of alkyl halides is 2. The number of anilines is 1. The first-order valence-corrected chi connectivity index (χ1v) is 6.86. The van der Waals surface area contributed by atoms with Gasteiger partial charge in [0.1, 0.15) is 5.82 Å². The zero-order chi connectivity index (χ0) is 15.0. The van der Waals surface area contributed by atoms with Crippen LogP contribution in [-0.4, -0.2) is 11.1 Å². The fourth-order valence-corrected chi connectivity index (χ4v) is 2.84. The Morgan fingerprint density at radius 2 is 1.86 bits per heavy atom. The van der Waals surface area contributed by atoms with Gasteiger partial charge in [-0.25, -0.2) is 13.2 Å². The van der Waals surface area contributed by atoms with Gasteiger partial charge in [0.25, 0.3) is 0 Å². The summed E-state index contributed by atoms with van der Waals surface area (Å²) in [7, 11) is 0. The minimum atomic E-state index is -2.62. The SMILES string of the molecule is Nc1onc(C2CCC(F)(F)CC2)c1-c1ccccc1F. The van der Waals surface area contributed by atoms with E-state index < -0.39 is 11.7 Å². The topological polar surface area (TPSA) is 52.0 Å². The van der Waals surface area contributed by atoms with Crippen LogP contribution >= 0.6 is 0 Å². The van der Waals surface area contributed by atoms with Crippen molar-refractivity contribution in [1.82, 2.24) is 5.16 Å². The molecule has 6 heteroatoms. The number of nitrogens with zero attached hydrogens (tertiary/aromatic N) is 1. The van der Waals surface area contributed by atoms with E-state index in [4.69, 9.17) is 10.3 Å². The predicted octanol–water partition coefficient (Wildman–Crippen LogP) is 4.36. The van der Waals surface area contributed by atoms with Gasteiger partial charge < -0.3 is 10.3 Å². The van der Waals surface area contributed by atoms with Crippen LogP contribution in [0.15, 0.2) is 28.8 Å². The van der Waals surface area contributed by atoms with E-state index in [0.29, 0.717) is 29.7 Å². The van der Waals surface area contributed by atoms with Crippen LogP contribution in [0.2, 0.25) is 0 Å². The maximum absolute atomic E-state index is 14.0. The Bertz CT molecular complexity index is 644. The van der Waals surface area contributed by atoms with E-state index in [2.05, 4.69) is 5.16 Å². The molecule has 1 aliphatic carbocycles. The van der Waals surface area contributed by atoms with Crippen molar-refractivity contribution in [1.29, 1.82) is 0 Å². The first-order chi connectivity index (χ1) is 9.98. The number of nitrogens with two attached hydrogens (primary N) is 1. The van der Waals surface area contributed by atoms with Gasteiger partial charge in [0.05, 0.1) is 11.3 Å². The van der Waals surface area contributed by atoms with Gasteiger partial charge in [-0.1, -0.05) is 23.4 Å².